The summed E-state index contributed by atoms with van der Waals surface area (Å²) < 4.78 is 21.1. The number of piperidine rings is 1. The fraction of sp³-hybridized carbons (Fsp3) is 0.667. The molecular formula is C18H27N3O4S. The van der Waals surface area contributed by atoms with E-state index in [0.29, 0.717) is 19.0 Å². The summed E-state index contributed by atoms with van der Waals surface area (Å²) in [4.78, 5) is 17.1. The molecule has 1 fully saturated rings. The summed E-state index contributed by atoms with van der Waals surface area (Å²) in [5, 5.41) is 9.26. The lowest BCUT2D eigenvalue weighted by Gasteiger charge is -2.43. The van der Waals surface area contributed by atoms with E-state index in [9.17, 15) is 14.5 Å². The number of carboxylic acid groups (broad SMARTS) is 1. The summed E-state index contributed by atoms with van der Waals surface area (Å²) in [7, 11) is 1.58. The number of carbonyl (C=O) groups is 1. The van der Waals surface area contributed by atoms with Gasteiger partial charge in [0.25, 0.3) is 0 Å². The van der Waals surface area contributed by atoms with Gasteiger partial charge in [-0.1, -0.05) is 0 Å². The first-order chi connectivity index (χ1) is 12.2. The molecule has 1 unspecified atom stereocenters. The van der Waals surface area contributed by atoms with Gasteiger partial charge in [0.2, 0.25) is 5.88 Å². The van der Waals surface area contributed by atoms with Crippen molar-refractivity contribution in [1.29, 1.82) is 0 Å². The third-order valence-corrected chi connectivity index (χ3v) is 7.05. The van der Waals surface area contributed by atoms with Gasteiger partial charge in [-0.2, -0.15) is 0 Å². The Bertz CT molecular complexity index is 684. The Labute approximate surface area is 157 Å². The molecule has 2 atom stereocenters. The first-order valence-electron chi connectivity index (χ1n) is 8.85. The molecule has 0 aromatic carbocycles. The molecule has 1 spiro atoms. The third kappa shape index (κ3) is 3.50. The van der Waals surface area contributed by atoms with Crippen molar-refractivity contribution in [1.82, 2.24) is 14.6 Å². The highest BCUT2D eigenvalue weighted by atomic mass is 32.2. The molecule has 2 heterocycles. The first-order valence-corrected chi connectivity index (χ1v) is 10.00. The summed E-state index contributed by atoms with van der Waals surface area (Å²) in [6.07, 6.45) is 3.24. The number of nitrogens with one attached hydrogen (secondary N) is 1. The van der Waals surface area contributed by atoms with E-state index in [4.69, 9.17) is 4.74 Å². The van der Waals surface area contributed by atoms with Gasteiger partial charge < -0.3 is 19.3 Å². The Hall–Kier alpha value is -1.51. The molecule has 1 aliphatic heterocycles. The van der Waals surface area contributed by atoms with E-state index in [2.05, 4.69) is 9.71 Å². The average molecular weight is 381 g/mol. The van der Waals surface area contributed by atoms with Crippen LogP contribution in [0.4, 0.5) is 4.79 Å². The first kappa shape index (κ1) is 19.3. The van der Waals surface area contributed by atoms with Crippen LogP contribution in [0.2, 0.25) is 0 Å². The number of nitrogens with zero attached hydrogens (tertiary/aromatic N) is 2. The smallest absolute Gasteiger partial charge is 0.407 e. The fourth-order valence-corrected chi connectivity index (χ4v) is 4.84. The van der Waals surface area contributed by atoms with Gasteiger partial charge in [-0.3, -0.25) is 0 Å². The van der Waals surface area contributed by atoms with Crippen molar-refractivity contribution in [2.45, 2.75) is 50.8 Å². The van der Waals surface area contributed by atoms with Crippen molar-refractivity contribution >= 4 is 17.5 Å². The molecule has 2 aliphatic rings. The highest BCUT2D eigenvalue weighted by molar-refractivity contribution is 7.90. The van der Waals surface area contributed by atoms with Crippen molar-refractivity contribution in [2.24, 2.45) is 5.41 Å². The number of ether oxygens (including phenoxy) is 1. The molecular weight excluding hydrogens is 354 g/mol. The predicted molar refractivity (Wildman–Crippen MR) is 99.5 cm³/mol. The molecule has 1 saturated heterocycles. The Morgan fingerprint density at radius 1 is 1.46 bits per heavy atom. The van der Waals surface area contributed by atoms with Gasteiger partial charge in [0.1, 0.15) is 4.75 Å². The lowest BCUT2D eigenvalue weighted by molar-refractivity contribution is 0.0764. The largest absolute Gasteiger partial charge is 0.598 e. The number of fused-ring (bicyclic) bond motifs is 1. The Balaban J connectivity index is 1.92. The maximum Gasteiger partial charge on any atom is 0.407 e. The van der Waals surface area contributed by atoms with Crippen LogP contribution in [-0.4, -0.2) is 50.6 Å². The van der Waals surface area contributed by atoms with Crippen LogP contribution in [0, 0.1) is 5.41 Å². The Morgan fingerprint density at radius 2 is 2.12 bits per heavy atom. The second-order valence-corrected chi connectivity index (χ2v) is 10.2. The lowest BCUT2D eigenvalue weighted by atomic mass is 9.73. The van der Waals surface area contributed by atoms with Crippen molar-refractivity contribution in [2.75, 3.05) is 20.2 Å². The summed E-state index contributed by atoms with van der Waals surface area (Å²) in [5.41, 5.74) is 2.04. The number of likely N-dealkylation sites (tertiary alicyclic amines) is 1. The number of amides is 1. The number of hydrogen-bond acceptors (Lipinski definition) is 5. The van der Waals surface area contributed by atoms with Crippen molar-refractivity contribution < 1.29 is 19.2 Å². The molecule has 0 bridgehead atoms. The normalized spacial score (nSPS) is 23.0. The molecule has 26 heavy (non-hydrogen) atoms. The van der Waals surface area contributed by atoms with Gasteiger partial charge in [-0.05, 0) is 51.2 Å². The van der Waals surface area contributed by atoms with Crippen LogP contribution < -0.4 is 9.46 Å². The highest BCUT2D eigenvalue weighted by Crippen LogP contribution is 2.53. The molecule has 0 radical (unpaired) electrons. The minimum Gasteiger partial charge on any atom is -0.598 e. The summed E-state index contributed by atoms with van der Waals surface area (Å²) in [6, 6.07) is 1.82. The number of pyridine rings is 1. The number of hydrogen-bond donors (Lipinski definition) is 2. The maximum absolute atomic E-state index is 12.8. The second-order valence-electron chi connectivity index (χ2n) is 8.17. The number of rotatable bonds is 3. The molecule has 1 amide bonds. The molecule has 0 saturated carbocycles. The van der Waals surface area contributed by atoms with Gasteiger partial charge in [-0.25, -0.2) is 9.78 Å². The van der Waals surface area contributed by atoms with Crippen molar-refractivity contribution in [3.8, 4) is 5.88 Å². The molecule has 2 N–H and O–H groups in total. The monoisotopic (exact) mass is 381 g/mol. The topological polar surface area (TPSA) is 97.8 Å². The van der Waals surface area contributed by atoms with E-state index < -0.39 is 17.5 Å². The quantitative estimate of drug-likeness (QED) is 0.781. The Morgan fingerprint density at radius 3 is 2.65 bits per heavy atom. The second kappa shape index (κ2) is 6.90. The summed E-state index contributed by atoms with van der Waals surface area (Å²) in [6.45, 7) is 6.82. The van der Waals surface area contributed by atoms with Gasteiger partial charge in [0.05, 0.1) is 13.2 Å². The van der Waals surface area contributed by atoms with Crippen LogP contribution in [0.25, 0.3) is 0 Å². The zero-order valence-electron chi connectivity index (χ0n) is 15.7. The van der Waals surface area contributed by atoms with Crippen LogP contribution in [-0.2, 0) is 17.8 Å². The van der Waals surface area contributed by atoms with E-state index in [1.165, 1.54) is 4.90 Å². The van der Waals surface area contributed by atoms with Gasteiger partial charge in [0, 0.05) is 42.1 Å². The van der Waals surface area contributed by atoms with Crippen molar-refractivity contribution in [3.63, 3.8) is 0 Å². The van der Waals surface area contributed by atoms with Crippen molar-refractivity contribution in [3.05, 3.63) is 23.4 Å². The van der Waals surface area contributed by atoms with E-state index >= 15 is 0 Å². The highest BCUT2D eigenvalue weighted by Gasteiger charge is 2.51. The van der Waals surface area contributed by atoms with E-state index in [1.54, 1.807) is 7.11 Å². The molecule has 3 rings (SSSR count). The van der Waals surface area contributed by atoms with E-state index in [0.717, 1.165) is 30.4 Å². The number of methoxy groups -OCH3 is 1. The van der Waals surface area contributed by atoms with Gasteiger partial charge >= 0.3 is 6.09 Å². The number of aromatic nitrogens is 1. The summed E-state index contributed by atoms with van der Waals surface area (Å²) in [5.74, 6) is 0.539. The Kier molecular flexibility index (Phi) is 5.11. The van der Waals surface area contributed by atoms with Crippen LogP contribution >= 0.6 is 0 Å². The molecule has 1 aliphatic carbocycles. The average Bonchev–Trinajstić information content (AvgIpc) is 2.87. The van der Waals surface area contributed by atoms with Gasteiger partial charge in [0.15, 0.2) is 0 Å². The molecule has 1 aromatic heterocycles. The lowest BCUT2D eigenvalue weighted by Crippen LogP contribution is -2.50. The molecule has 7 nitrogen and oxygen atoms in total. The van der Waals surface area contributed by atoms with E-state index in [1.807, 2.05) is 33.0 Å². The maximum atomic E-state index is 12.8. The molecule has 8 heteroatoms. The van der Waals surface area contributed by atoms with Crippen LogP contribution in [0.5, 0.6) is 5.88 Å². The summed E-state index contributed by atoms with van der Waals surface area (Å²) >= 11 is -1.23. The van der Waals surface area contributed by atoms with Crippen LogP contribution in [0.3, 0.4) is 0 Å². The predicted octanol–water partition coefficient (Wildman–Crippen LogP) is 2.50. The SMILES string of the molecule is COc1cc2c(cn1)CC1(CCN(C(=O)O)CC1)[C@@H]2N[S+]([O-])C(C)(C)C. The molecule has 1 aromatic rings. The zero-order valence-corrected chi connectivity index (χ0v) is 16.6. The van der Waals surface area contributed by atoms with Crippen LogP contribution in [0.1, 0.15) is 50.8 Å². The van der Waals surface area contributed by atoms with Crippen LogP contribution in [0.15, 0.2) is 12.3 Å². The fourth-order valence-electron chi connectivity index (χ4n) is 3.90. The molecule has 144 valence electrons. The zero-order chi connectivity index (χ0) is 19.1. The standard InChI is InChI=1S/C18H27N3O4S/c1-17(2,3)26(24)20-15-13-9-14(25-4)19-11-12(13)10-18(15)5-7-21(8-6-18)16(22)23/h9,11,15,20H,5-8,10H2,1-4H3,(H,22,23)/t15-,26?/m1/s1. The minimum atomic E-state index is -1.23. The third-order valence-electron chi connectivity index (χ3n) is 5.48. The minimum absolute atomic E-state index is 0.106. The van der Waals surface area contributed by atoms with Gasteiger partial charge in [-0.15, -0.1) is 4.72 Å². The van der Waals surface area contributed by atoms with E-state index in [-0.39, 0.29) is 16.2 Å².